The quantitative estimate of drug-likeness (QED) is 0.561. The van der Waals surface area contributed by atoms with Gasteiger partial charge in [0.25, 0.3) is 0 Å². The number of aromatic nitrogens is 4. The predicted molar refractivity (Wildman–Crippen MR) is 49.0 cm³/mol. The van der Waals surface area contributed by atoms with Crippen molar-refractivity contribution in [1.29, 1.82) is 0 Å². The van der Waals surface area contributed by atoms with Crippen LogP contribution in [0.1, 0.15) is 0 Å². The van der Waals surface area contributed by atoms with Crippen molar-refractivity contribution < 1.29 is 0 Å². The van der Waals surface area contributed by atoms with Crippen molar-refractivity contribution in [3.8, 4) is 0 Å². The van der Waals surface area contributed by atoms with Gasteiger partial charge in [-0.3, -0.25) is 4.99 Å². The van der Waals surface area contributed by atoms with Crippen LogP contribution in [0.3, 0.4) is 0 Å². The average molecular weight is 177 g/mol. The van der Waals surface area contributed by atoms with E-state index in [9.17, 15) is 0 Å². The third-order valence-corrected chi connectivity index (χ3v) is 2.02. The largest absolute Gasteiger partial charge is 0.319 e. The number of hydrogen-bond donors (Lipinski definition) is 0. The molecule has 0 saturated heterocycles. The molecule has 0 unspecified atom stereocenters. The molecule has 0 radical (unpaired) electrons. The van der Waals surface area contributed by atoms with Gasteiger partial charge in [-0.1, -0.05) is 0 Å². The van der Waals surface area contributed by atoms with Gasteiger partial charge in [0, 0.05) is 21.1 Å². The Morgan fingerprint density at radius 2 is 1.85 bits per heavy atom. The van der Waals surface area contributed by atoms with E-state index in [1.807, 2.05) is 23.2 Å². The van der Waals surface area contributed by atoms with Gasteiger partial charge in [0.2, 0.25) is 0 Å². The summed E-state index contributed by atoms with van der Waals surface area (Å²) in [7, 11) is 5.58. The first-order valence-electron chi connectivity index (χ1n) is 3.99. The summed E-state index contributed by atoms with van der Waals surface area (Å²) in [5.41, 5.74) is 2.55. The molecule has 0 aromatic carbocycles. The summed E-state index contributed by atoms with van der Waals surface area (Å²) < 4.78 is 3.74. The number of imidazole rings is 1. The Balaban J connectivity index is 3.03. The molecule has 0 aliphatic heterocycles. The SMILES string of the molecule is C/N=c1/c2ncn(C)c2ncn1C. The lowest BCUT2D eigenvalue weighted by Crippen LogP contribution is -2.19. The molecular formula is C8H11N5. The van der Waals surface area contributed by atoms with Crippen LogP contribution in [0.2, 0.25) is 0 Å². The molecule has 5 heteroatoms. The molecule has 0 amide bonds. The molecule has 0 aliphatic carbocycles. The monoisotopic (exact) mass is 177 g/mol. The lowest BCUT2D eigenvalue weighted by atomic mass is 10.5. The lowest BCUT2D eigenvalue weighted by Gasteiger charge is -1.98. The average Bonchev–Trinajstić information content (AvgIpc) is 2.48. The zero-order chi connectivity index (χ0) is 9.42. The smallest absolute Gasteiger partial charge is 0.165 e. The first kappa shape index (κ1) is 7.97. The van der Waals surface area contributed by atoms with Gasteiger partial charge in [0.15, 0.2) is 16.7 Å². The molecule has 0 N–H and O–H groups in total. The molecule has 68 valence electrons. The van der Waals surface area contributed by atoms with Crippen LogP contribution in [0.15, 0.2) is 17.6 Å². The minimum atomic E-state index is 0.843. The second-order valence-electron chi connectivity index (χ2n) is 2.93. The fourth-order valence-electron chi connectivity index (χ4n) is 1.36. The molecule has 2 heterocycles. The Bertz CT molecular complexity index is 505. The highest BCUT2D eigenvalue weighted by molar-refractivity contribution is 5.68. The molecule has 0 spiro atoms. The fourth-order valence-corrected chi connectivity index (χ4v) is 1.36. The maximum Gasteiger partial charge on any atom is 0.165 e. The molecular weight excluding hydrogens is 166 g/mol. The van der Waals surface area contributed by atoms with Crippen molar-refractivity contribution in [2.45, 2.75) is 0 Å². The van der Waals surface area contributed by atoms with Gasteiger partial charge < -0.3 is 9.13 Å². The molecule has 0 atom stereocenters. The fraction of sp³-hybridized carbons (Fsp3) is 0.375. The van der Waals surface area contributed by atoms with Crippen LogP contribution < -0.4 is 5.49 Å². The third kappa shape index (κ3) is 1.04. The van der Waals surface area contributed by atoms with Gasteiger partial charge in [-0.25, -0.2) is 9.97 Å². The van der Waals surface area contributed by atoms with E-state index < -0.39 is 0 Å². The molecule has 13 heavy (non-hydrogen) atoms. The molecule has 2 aromatic heterocycles. The van der Waals surface area contributed by atoms with Crippen molar-refractivity contribution in [3.05, 3.63) is 18.1 Å². The van der Waals surface area contributed by atoms with Gasteiger partial charge in [0.1, 0.15) is 0 Å². The Labute approximate surface area is 75.4 Å². The third-order valence-electron chi connectivity index (χ3n) is 2.02. The number of fused-ring (bicyclic) bond motifs is 1. The number of aryl methyl sites for hydroxylation is 2. The molecule has 0 saturated carbocycles. The van der Waals surface area contributed by atoms with Crippen LogP contribution in [0, 0.1) is 0 Å². The molecule has 2 aromatic rings. The van der Waals surface area contributed by atoms with E-state index in [0.717, 1.165) is 16.7 Å². The second kappa shape index (κ2) is 2.69. The number of rotatable bonds is 0. The maximum absolute atomic E-state index is 4.25. The van der Waals surface area contributed by atoms with Crippen molar-refractivity contribution >= 4 is 11.2 Å². The normalized spacial score (nSPS) is 12.7. The topological polar surface area (TPSA) is 48.0 Å². The number of hydrogen-bond acceptors (Lipinski definition) is 3. The highest BCUT2D eigenvalue weighted by atomic mass is 15.1. The van der Waals surface area contributed by atoms with Crippen molar-refractivity contribution in [1.82, 2.24) is 19.1 Å². The lowest BCUT2D eigenvalue weighted by molar-refractivity contribution is 0.806. The molecule has 0 aliphatic rings. The summed E-state index contributed by atoms with van der Waals surface area (Å²) >= 11 is 0. The van der Waals surface area contributed by atoms with Crippen LogP contribution in [0.4, 0.5) is 0 Å². The predicted octanol–water partition coefficient (Wildman–Crippen LogP) is -0.163. The first-order valence-corrected chi connectivity index (χ1v) is 3.99. The van der Waals surface area contributed by atoms with Crippen LogP contribution >= 0.6 is 0 Å². The summed E-state index contributed by atoms with van der Waals surface area (Å²) in [6, 6.07) is 0. The first-order chi connectivity index (χ1) is 6.24. The van der Waals surface area contributed by atoms with E-state index in [2.05, 4.69) is 15.0 Å². The summed E-state index contributed by atoms with van der Waals surface area (Å²) in [5, 5.41) is 0. The molecule has 0 fully saturated rings. The Kier molecular flexibility index (Phi) is 1.65. The van der Waals surface area contributed by atoms with Gasteiger partial charge in [-0.05, 0) is 0 Å². The van der Waals surface area contributed by atoms with Gasteiger partial charge >= 0.3 is 0 Å². The molecule has 0 bridgehead atoms. The van der Waals surface area contributed by atoms with Crippen molar-refractivity contribution in [2.24, 2.45) is 19.1 Å². The van der Waals surface area contributed by atoms with Crippen LogP contribution in [0.5, 0.6) is 0 Å². The minimum Gasteiger partial charge on any atom is -0.319 e. The van der Waals surface area contributed by atoms with Gasteiger partial charge in [-0.15, -0.1) is 0 Å². The molecule has 5 nitrogen and oxygen atoms in total. The highest BCUT2D eigenvalue weighted by Crippen LogP contribution is 2.00. The standard InChI is InChI=1S/C8H11N5/c1-9-7-6-8(11-5-12(7)2)13(3)4-10-6/h4-5H,1-3H3/b9-7-. The highest BCUT2D eigenvalue weighted by Gasteiger charge is 2.03. The zero-order valence-electron chi connectivity index (χ0n) is 7.89. The van der Waals surface area contributed by atoms with Crippen LogP contribution in [0.25, 0.3) is 11.2 Å². The molecule has 2 rings (SSSR count). The van der Waals surface area contributed by atoms with E-state index in [1.165, 1.54) is 0 Å². The summed E-state index contributed by atoms with van der Waals surface area (Å²) in [6.07, 6.45) is 3.48. The van der Waals surface area contributed by atoms with Crippen LogP contribution in [-0.2, 0) is 14.1 Å². The Morgan fingerprint density at radius 1 is 1.15 bits per heavy atom. The van der Waals surface area contributed by atoms with E-state index in [4.69, 9.17) is 0 Å². The summed E-state index contributed by atoms with van der Waals surface area (Å²) in [4.78, 5) is 12.6. The summed E-state index contributed by atoms with van der Waals surface area (Å²) in [6.45, 7) is 0. The maximum atomic E-state index is 4.25. The Morgan fingerprint density at radius 3 is 2.54 bits per heavy atom. The number of nitrogens with zero attached hydrogens (tertiary/aromatic N) is 5. The van der Waals surface area contributed by atoms with Gasteiger partial charge in [-0.2, -0.15) is 0 Å². The van der Waals surface area contributed by atoms with E-state index in [-0.39, 0.29) is 0 Å². The van der Waals surface area contributed by atoms with E-state index in [0.29, 0.717) is 0 Å². The van der Waals surface area contributed by atoms with E-state index >= 15 is 0 Å². The van der Waals surface area contributed by atoms with Gasteiger partial charge in [0.05, 0.1) is 12.7 Å². The van der Waals surface area contributed by atoms with Crippen molar-refractivity contribution in [3.63, 3.8) is 0 Å². The van der Waals surface area contributed by atoms with Crippen molar-refractivity contribution in [2.75, 3.05) is 7.05 Å². The van der Waals surface area contributed by atoms with E-state index in [1.54, 1.807) is 19.7 Å². The van der Waals surface area contributed by atoms with Crippen LogP contribution in [-0.4, -0.2) is 26.1 Å². The second-order valence-corrected chi connectivity index (χ2v) is 2.93. The zero-order valence-corrected chi connectivity index (χ0v) is 7.89. The Hall–Kier alpha value is -1.65. The minimum absolute atomic E-state index is 0.843. The summed E-state index contributed by atoms with van der Waals surface area (Å²) in [5.74, 6) is 0.